The number of fused-ring (bicyclic) bond motifs is 1. The van der Waals surface area contributed by atoms with E-state index in [0.717, 1.165) is 22.6 Å². The minimum atomic E-state index is -0.149. The van der Waals surface area contributed by atoms with Crippen molar-refractivity contribution in [3.63, 3.8) is 0 Å². The standard InChI is InChI=1S/C21H24N2O4/c1-15-6-7-19-18(12-15)23(10-11-27-19)21(25)9-8-20(24)22-14-16-4-3-5-17(13-16)26-2/h3-7,12-13H,8-11,14H2,1-2H3,(H,22,24). The molecule has 0 atom stereocenters. The van der Waals surface area contributed by atoms with Gasteiger partial charge >= 0.3 is 0 Å². The molecule has 27 heavy (non-hydrogen) atoms. The van der Waals surface area contributed by atoms with Gasteiger partial charge in [0.2, 0.25) is 11.8 Å². The highest BCUT2D eigenvalue weighted by molar-refractivity contribution is 5.97. The summed E-state index contributed by atoms with van der Waals surface area (Å²) < 4.78 is 10.8. The number of hydrogen-bond acceptors (Lipinski definition) is 4. The Morgan fingerprint density at radius 1 is 1.19 bits per heavy atom. The molecule has 0 radical (unpaired) electrons. The molecule has 6 nitrogen and oxygen atoms in total. The van der Waals surface area contributed by atoms with Crippen molar-refractivity contribution in [2.24, 2.45) is 0 Å². The fourth-order valence-electron chi connectivity index (χ4n) is 3.01. The zero-order valence-corrected chi connectivity index (χ0v) is 15.7. The molecular weight excluding hydrogens is 344 g/mol. The van der Waals surface area contributed by atoms with E-state index in [1.54, 1.807) is 12.0 Å². The topological polar surface area (TPSA) is 67.9 Å². The number of nitrogens with zero attached hydrogens (tertiary/aromatic N) is 1. The van der Waals surface area contributed by atoms with Crippen LogP contribution in [0.4, 0.5) is 5.69 Å². The zero-order chi connectivity index (χ0) is 19.2. The molecule has 0 aliphatic carbocycles. The van der Waals surface area contributed by atoms with Gasteiger partial charge in [-0.1, -0.05) is 18.2 Å². The van der Waals surface area contributed by atoms with Crippen LogP contribution in [0, 0.1) is 6.92 Å². The van der Waals surface area contributed by atoms with Crippen LogP contribution in [0.15, 0.2) is 42.5 Å². The third kappa shape index (κ3) is 4.78. The molecule has 1 heterocycles. The van der Waals surface area contributed by atoms with Crippen molar-refractivity contribution in [1.82, 2.24) is 5.32 Å². The van der Waals surface area contributed by atoms with E-state index < -0.39 is 0 Å². The Hall–Kier alpha value is -3.02. The molecule has 0 aromatic heterocycles. The van der Waals surface area contributed by atoms with Gasteiger partial charge in [-0.15, -0.1) is 0 Å². The predicted octanol–water partition coefficient (Wildman–Crippen LogP) is 2.83. The monoisotopic (exact) mass is 368 g/mol. The van der Waals surface area contributed by atoms with Gasteiger partial charge in [0.15, 0.2) is 0 Å². The van der Waals surface area contributed by atoms with Gasteiger partial charge in [0, 0.05) is 19.4 Å². The Bertz CT molecular complexity index is 835. The van der Waals surface area contributed by atoms with E-state index in [0.29, 0.717) is 25.4 Å². The number of amides is 2. The van der Waals surface area contributed by atoms with Crippen LogP contribution in [0.5, 0.6) is 11.5 Å². The van der Waals surface area contributed by atoms with Crippen LogP contribution in [0.25, 0.3) is 0 Å². The summed E-state index contributed by atoms with van der Waals surface area (Å²) >= 11 is 0. The number of nitrogens with one attached hydrogen (secondary N) is 1. The molecule has 0 spiro atoms. The third-order valence-electron chi connectivity index (χ3n) is 4.47. The highest BCUT2D eigenvalue weighted by Crippen LogP contribution is 2.32. The third-order valence-corrected chi connectivity index (χ3v) is 4.47. The largest absolute Gasteiger partial charge is 0.497 e. The van der Waals surface area contributed by atoms with Crippen LogP contribution in [0.1, 0.15) is 24.0 Å². The maximum atomic E-state index is 12.6. The van der Waals surface area contributed by atoms with Gasteiger partial charge in [-0.3, -0.25) is 9.59 Å². The van der Waals surface area contributed by atoms with Gasteiger partial charge in [0.25, 0.3) is 0 Å². The van der Waals surface area contributed by atoms with Gasteiger partial charge in [0.05, 0.1) is 19.3 Å². The van der Waals surface area contributed by atoms with E-state index >= 15 is 0 Å². The lowest BCUT2D eigenvalue weighted by molar-refractivity contribution is -0.125. The maximum absolute atomic E-state index is 12.6. The summed E-state index contributed by atoms with van der Waals surface area (Å²) in [4.78, 5) is 26.4. The lowest BCUT2D eigenvalue weighted by Crippen LogP contribution is -2.38. The van der Waals surface area contributed by atoms with E-state index in [2.05, 4.69) is 5.32 Å². The summed E-state index contributed by atoms with van der Waals surface area (Å²) in [5.74, 6) is 1.24. The number of hydrogen-bond donors (Lipinski definition) is 1. The molecule has 2 aromatic carbocycles. The first kappa shape index (κ1) is 18.8. The van der Waals surface area contributed by atoms with E-state index in [1.807, 2.05) is 49.4 Å². The van der Waals surface area contributed by atoms with Crippen molar-refractivity contribution < 1.29 is 19.1 Å². The van der Waals surface area contributed by atoms with Crippen LogP contribution in [0.3, 0.4) is 0 Å². The van der Waals surface area contributed by atoms with Gasteiger partial charge < -0.3 is 19.7 Å². The second kappa shape index (κ2) is 8.58. The quantitative estimate of drug-likeness (QED) is 0.851. The van der Waals surface area contributed by atoms with Gasteiger partial charge in [-0.05, 0) is 42.3 Å². The molecule has 6 heteroatoms. The highest BCUT2D eigenvalue weighted by atomic mass is 16.5. The average molecular weight is 368 g/mol. The van der Waals surface area contributed by atoms with Crippen molar-refractivity contribution in [2.45, 2.75) is 26.3 Å². The number of carbonyl (C=O) groups is 2. The minimum absolute atomic E-state index is 0.0679. The summed E-state index contributed by atoms with van der Waals surface area (Å²) in [7, 11) is 1.61. The number of benzene rings is 2. The first-order valence-corrected chi connectivity index (χ1v) is 9.00. The van der Waals surface area contributed by atoms with Crippen molar-refractivity contribution in [2.75, 3.05) is 25.2 Å². The molecule has 0 unspecified atom stereocenters. The summed E-state index contributed by atoms with van der Waals surface area (Å²) in [5, 5.41) is 2.85. The number of methoxy groups -OCH3 is 1. The number of carbonyl (C=O) groups excluding carboxylic acids is 2. The molecule has 142 valence electrons. The fraction of sp³-hybridized carbons (Fsp3) is 0.333. The van der Waals surface area contributed by atoms with Crippen LogP contribution >= 0.6 is 0 Å². The van der Waals surface area contributed by atoms with E-state index in [-0.39, 0.29) is 24.7 Å². The number of rotatable bonds is 6. The molecule has 0 bridgehead atoms. The summed E-state index contributed by atoms with van der Waals surface area (Å²) in [6.07, 6.45) is 0.318. The van der Waals surface area contributed by atoms with Gasteiger partial charge in [-0.25, -0.2) is 0 Å². The fourth-order valence-corrected chi connectivity index (χ4v) is 3.01. The van der Waals surface area contributed by atoms with E-state index in [9.17, 15) is 9.59 Å². The molecule has 0 fully saturated rings. The van der Waals surface area contributed by atoms with Crippen molar-refractivity contribution in [3.05, 3.63) is 53.6 Å². The lowest BCUT2D eigenvalue weighted by Gasteiger charge is -2.30. The molecule has 3 rings (SSSR count). The van der Waals surface area contributed by atoms with Crippen LogP contribution < -0.4 is 19.7 Å². The molecule has 0 saturated heterocycles. The number of aryl methyl sites for hydroxylation is 1. The summed E-state index contributed by atoms with van der Waals surface area (Å²) in [6, 6.07) is 13.3. The van der Waals surface area contributed by atoms with Crippen LogP contribution in [0.2, 0.25) is 0 Å². The Morgan fingerprint density at radius 3 is 2.85 bits per heavy atom. The molecule has 1 aliphatic rings. The smallest absolute Gasteiger partial charge is 0.227 e. The van der Waals surface area contributed by atoms with Crippen molar-refractivity contribution >= 4 is 17.5 Å². The molecule has 1 aliphatic heterocycles. The Morgan fingerprint density at radius 2 is 2.04 bits per heavy atom. The molecule has 2 aromatic rings. The lowest BCUT2D eigenvalue weighted by atomic mass is 10.1. The highest BCUT2D eigenvalue weighted by Gasteiger charge is 2.24. The Labute approximate surface area is 159 Å². The molecule has 0 saturated carbocycles. The van der Waals surface area contributed by atoms with Crippen LogP contribution in [-0.4, -0.2) is 32.1 Å². The second-order valence-corrected chi connectivity index (χ2v) is 6.49. The second-order valence-electron chi connectivity index (χ2n) is 6.49. The Kier molecular flexibility index (Phi) is 5.96. The average Bonchev–Trinajstić information content (AvgIpc) is 2.70. The molecular formula is C21H24N2O4. The maximum Gasteiger partial charge on any atom is 0.227 e. The molecule has 2 amide bonds. The first-order chi connectivity index (χ1) is 13.1. The molecule has 1 N–H and O–H groups in total. The van der Waals surface area contributed by atoms with Gasteiger partial charge in [0.1, 0.15) is 18.1 Å². The SMILES string of the molecule is COc1cccc(CNC(=O)CCC(=O)N2CCOc3ccc(C)cc32)c1. The number of ether oxygens (including phenoxy) is 2. The zero-order valence-electron chi connectivity index (χ0n) is 15.7. The van der Waals surface area contributed by atoms with E-state index in [1.165, 1.54) is 0 Å². The van der Waals surface area contributed by atoms with Crippen molar-refractivity contribution in [1.29, 1.82) is 0 Å². The van der Waals surface area contributed by atoms with Crippen molar-refractivity contribution in [3.8, 4) is 11.5 Å². The summed E-state index contributed by atoms with van der Waals surface area (Å²) in [6.45, 7) is 3.35. The minimum Gasteiger partial charge on any atom is -0.497 e. The van der Waals surface area contributed by atoms with Crippen LogP contribution in [-0.2, 0) is 16.1 Å². The summed E-state index contributed by atoms with van der Waals surface area (Å²) in [5.41, 5.74) is 2.79. The normalized spacial score (nSPS) is 12.7. The van der Waals surface area contributed by atoms with E-state index in [4.69, 9.17) is 9.47 Å². The number of anilines is 1. The Balaban J connectivity index is 1.52. The first-order valence-electron chi connectivity index (χ1n) is 9.00. The van der Waals surface area contributed by atoms with Gasteiger partial charge in [-0.2, -0.15) is 0 Å². The predicted molar refractivity (Wildman–Crippen MR) is 103 cm³/mol.